The third-order valence-corrected chi connectivity index (χ3v) is 23.6. The minimum Gasteiger partial charge on any atom is -0.383 e. The number of likely N-dealkylation sites (N-methyl/N-ethyl adjacent to an activating group) is 6. The number of ether oxygens (including phenoxy) is 2. The molecule has 12 amide bonds. The third-order valence-electron chi connectivity index (χ3n) is 23.6. The molecule has 3 N–H and O–H groups in total. The molecule has 3 aliphatic heterocycles. The van der Waals surface area contributed by atoms with Crippen LogP contribution in [0.4, 0.5) is 22.0 Å². The van der Waals surface area contributed by atoms with E-state index in [-0.39, 0.29) is 96.1 Å². The van der Waals surface area contributed by atoms with Gasteiger partial charge in [-0.2, -0.15) is 13.2 Å². The van der Waals surface area contributed by atoms with Gasteiger partial charge in [0.2, 0.25) is 70.9 Å². The predicted molar refractivity (Wildman–Crippen MR) is 387 cm³/mol. The Morgan fingerprint density at radius 1 is 0.682 bits per heavy atom. The van der Waals surface area contributed by atoms with Crippen LogP contribution in [0, 0.1) is 35.5 Å². The lowest BCUT2D eigenvalue weighted by Crippen LogP contribution is -2.68. The largest absolute Gasteiger partial charge is 0.397 e. The summed E-state index contributed by atoms with van der Waals surface area (Å²) >= 11 is 0. The highest BCUT2D eigenvalue weighted by Gasteiger charge is 2.56. The van der Waals surface area contributed by atoms with Gasteiger partial charge in [0.15, 0.2) is 0 Å². The molecule has 0 aromatic carbocycles. The van der Waals surface area contributed by atoms with Crippen LogP contribution < -0.4 is 16.0 Å². The lowest BCUT2D eigenvalue weighted by Gasteiger charge is -2.46. The first-order valence-corrected chi connectivity index (χ1v) is 38.9. The fraction of sp³-hybridized carbons (Fsp3) is 0.816. The molecule has 604 valence electrons. The van der Waals surface area contributed by atoms with Crippen LogP contribution in [0.2, 0.25) is 0 Å². The molecular formula is C76H121F5N12O14. The van der Waals surface area contributed by atoms with Crippen molar-refractivity contribution in [1.82, 2.24) is 60.0 Å². The fourth-order valence-electron chi connectivity index (χ4n) is 17.1. The molecule has 11 atom stereocenters. The summed E-state index contributed by atoms with van der Waals surface area (Å²) in [6.45, 7) is 7.71. The van der Waals surface area contributed by atoms with Gasteiger partial charge in [-0.3, -0.25) is 57.5 Å². The number of nitrogens with one attached hydrogen (secondary N) is 3. The highest BCUT2D eigenvalue weighted by Crippen LogP contribution is 2.45. The second-order valence-electron chi connectivity index (χ2n) is 32.1. The summed E-state index contributed by atoms with van der Waals surface area (Å²) in [6, 6.07) is -10.7. The molecule has 3 heterocycles. The van der Waals surface area contributed by atoms with Gasteiger partial charge in [0, 0.05) is 89.1 Å². The van der Waals surface area contributed by atoms with E-state index in [2.05, 4.69) is 22.9 Å². The maximum atomic E-state index is 15.6. The minimum absolute atomic E-state index is 0.00322. The number of fused-ring (bicyclic) bond motifs is 3. The number of methoxy groups -OCH3 is 1. The van der Waals surface area contributed by atoms with Crippen molar-refractivity contribution in [3.8, 4) is 0 Å². The Hall–Kier alpha value is -7.05. The number of rotatable bonds is 16. The predicted octanol–water partition coefficient (Wildman–Crippen LogP) is 5.58. The summed E-state index contributed by atoms with van der Waals surface area (Å²) in [4.78, 5) is 193. The first-order chi connectivity index (χ1) is 50.5. The molecule has 1 spiro atoms. The van der Waals surface area contributed by atoms with Crippen LogP contribution in [0.3, 0.4) is 0 Å². The van der Waals surface area contributed by atoms with Crippen LogP contribution in [-0.2, 0) is 67.0 Å². The second-order valence-corrected chi connectivity index (χ2v) is 32.1. The van der Waals surface area contributed by atoms with E-state index >= 15 is 42.3 Å². The molecule has 7 rings (SSSR count). The number of alkyl halides is 5. The summed E-state index contributed by atoms with van der Waals surface area (Å²) in [5, 5.41) is 8.59. The zero-order valence-electron chi connectivity index (χ0n) is 65.3. The average Bonchev–Trinajstić information content (AvgIpc) is 1.71. The van der Waals surface area contributed by atoms with E-state index < -0.39 is 206 Å². The fourth-order valence-corrected chi connectivity index (χ4v) is 17.1. The Morgan fingerprint density at radius 3 is 1.92 bits per heavy atom. The van der Waals surface area contributed by atoms with Gasteiger partial charge in [-0.05, 0) is 126 Å². The van der Waals surface area contributed by atoms with Crippen molar-refractivity contribution in [3.63, 3.8) is 0 Å². The number of nitrogens with zero attached hydrogens (tertiary/aromatic N) is 9. The Morgan fingerprint density at radius 2 is 1.34 bits per heavy atom. The topological polar surface area (TPSA) is 289 Å². The zero-order valence-corrected chi connectivity index (χ0v) is 65.3. The Labute approximate surface area is 628 Å². The summed E-state index contributed by atoms with van der Waals surface area (Å²) in [7, 11) is 11.3. The Kier molecular flexibility index (Phi) is 31.8. The molecule has 4 aliphatic carbocycles. The summed E-state index contributed by atoms with van der Waals surface area (Å²) in [5.41, 5.74) is -1.65. The highest BCUT2D eigenvalue weighted by molar-refractivity contribution is 6.01. The van der Waals surface area contributed by atoms with Crippen molar-refractivity contribution < 1.29 is 89.0 Å². The minimum atomic E-state index is -5.18. The van der Waals surface area contributed by atoms with Crippen molar-refractivity contribution in [2.45, 2.75) is 261 Å². The van der Waals surface area contributed by atoms with Crippen molar-refractivity contribution in [2.75, 3.05) is 102 Å². The van der Waals surface area contributed by atoms with E-state index in [1.165, 1.54) is 90.7 Å². The molecule has 107 heavy (non-hydrogen) atoms. The van der Waals surface area contributed by atoms with Crippen molar-refractivity contribution in [2.24, 2.45) is 35.5 Å². The molecule has 26 nitrogen and oxygen atoms in total. The van der Waals surface area contributed by atoms with Crippen molar-refractivity contribution in [3.05, 3.63) is 12.2 Å². The molecule has 31 heteroatoms. The van der Waals surface area contributed by atoms with Crippen molar-refractivity contribution >= 4 is 70.9 Å². The van der Waals surface area contributed by atoms with Crippen LogP contribution in [0.1, 0.15) is 182 Å². The normalized spacial score (nSPS) is 31.7. The molecule has 0 aromatic rings. The van der Waals surface area contributed by atoms with Crippen LogP contribution in [-0.4, -0.2) is 296 Å². The Balaban J connectivity index is 1.33. The van der Waals surface area contributed by atoms with E-state index in [0.29, 0.717) is 50.9 Å². The van der Waals surface area contributed by atoms with Crippen LogP contribution in [0.15, 0.2) is 12.2 Å². The molecule has 0 aromatic heterocycles. The van der Waals surface area contributed by atoms with Crippen LogP contribution in [0.25, 0.3) is 0 Å². The van der Waals surface area contributed by atoms with Gasteiger partial charge in [-0.15, -0.1) is 0 Å². The van der Waals surface area contributed by atoms with Gasteiger partial charge in [0.25, 0.3) is 0 Å². The SMILES string of the molecule is CCC[C@H]1C(=O)N[C@@H](CC(C)C)C(=O)N(CCOC)CC(=O)N(C)[C@H]2C/C=C\CCN(C2=O)[C@@H](CC2CCC(C)CC2)C(=O)N(C)CC(=O)N[C@@H](CCC2CC(F)C(C(F)(F)F)C(F)C2)C(=O)N2C[C@H](OCC)C[C@H]2C(=O)NC2(CCC2)C(=O)N(C)[C@@H](C2CCCC2)C(=O)N(C)[C@H](C(=O)N(C)C)CC(=O)N1C. The van der Waals surface area contributed by atoms with Crippen LogP contribution >= 0.6 is 0 Å². The standard InChI is InChI=1S/C76H121F5N12O14/c1-14-22-56-66(97)83-55(37-46(3)4)68(99)91(35-36-106-13)45-63(96)88(10)57-25-17-16-20-34-92(72(57)103)60(40-48-28-26-47(5)27-29-48)71(102)86(8)44-61(94)82-54(31-30-49-38-52(77)64(53(78)39-49)76(79,80)81)69(100)93-43-51(107-15-2)41-58(93)67(98)84-75(32-21-33-75)74(105)90(12)65(50-23-18-19-24-50)73(104)89(11)59(70(101)85(6)7)42-62(95)87(56)9/h16-17,46-60,64-65H,14-15,18-45H2,1-13H3,(H,82,94)(H,83,97)(H,84,98)/b17-16-/t47?,48?,49?,51-,52?,53?,54+,55+,56+,57+,58+,59+,60+,64?,65+/m1/s1. The zero-order chi connectivity index (χ0) is 79.1. The summed E-state index contributed by atoms with van der Waals surface area (Å²) < 4.78 is 84.4. The van der Waals surface area contributed by atoms with Gasteiger partial charge in [0.1, 0.15) is 72.1 Å². The maximum Gasteiger partial charge on any atom is 0.397 e. The maximum absolute atomic E-state index is 15.6. The quantitative estimate of drug-likeness (QED) is 0.126. The highest BCUT2D eigenvalue weighted by atomic mass is 19.4. The smallest absolute Gasteiger partial charge is 0.383 e. The molecule has 0 radical (unpaired) electrons. The lowest BCUT2D eigenvalue weighted by molar-refractivity contribution is -0.219. The van der Waals surface area contributed by atoms with Gasteiger partial charge in [-0.1, -0.05) is 84.8 Å². The van der Waals surface area contributed by atoms with Crippen molar-refractivity contribution in [1.29, 1.82) is 0 Å². The van der Waals surface area contributed by atoms with Gasteiger partial charge in [0.05, 0.1) is 32.2 Å². The number of carbonyl (C=O) groups excluding carboxylic acids is 12. The average molecular weight is 1520 g/mol. The van der Waals surface area contributed by atoms with E-state index in [4.69, 9.17) is 9.47 Å². The van der Waals surface area contributed by atoms with Gasteiger partial charge in [-0.25, -0.2) is 8.78 Å². The number of hydrogen-bond acceptors (Lipinski definition) is 14. The van der Waals surface area contributed by atoms with E-state index in [1.807, 2.05) is 19.9 Å². The Bertz CT molecular complexity index is 3130. The molecule has 2 saturated heterocycles. The molecule has 7 aliphatic rings. The van der Waals surface area contributed by atoms with E-state index in [0.717, 1.165) is 35.5 Å². The summed E-state index contributed by atoms with van der Waals surface area (Å²) in [6.07, 6.45) is -3.26. The summed E-state index contributed by atoms with van der Waals surface area (Å²) in [5.74, 6) is -12.8. The van der Waals surface area contributed by atoms with E-state index in [1.54, 1.807) is 19.9 Å². The van der Waals surface area contributed by atoms with Gasteiger partial charge < -0.3 is 69.5 Å². The molecule has 2 bridgehead atoms. The first-order valence-electron chi connectivity index (χ1n) is 38.9. The molecule has 6 fully saturated rings. The number of amides is 12. The molecule has 2 unspecified atom stereocenters. The first kappa shape index (κ1) is 87.2. The number of hydrogen-bond donors (Lipinski definition) is 3. The number of carbonyl (C=O) groups is 12. The lowest BCUT2D eigenvalue weighted by atomic mass is 9.74. The molecular weight excluding hydrogens is 1400 g/mol. The van der Waals surface area contributed by atoms with Gasteiger partial charge >= 0.3 is 6.18 Å². The third kappa shape index (κ3) is 21.9. The van der Waals surface area contributed by atoms with E-state index in [9.17, 15) is 37.1 Å². The molecule has 4 saturated carbocycles. The second kappa shape index (κ2) is 39.0. The number of halogens is 5. The van der Waals surface area contributed by atoms with Crippen LogP contribution in [0.5, 0.6) is 0 Å². The monoisotopic (exact) mass is 1520 g/mol.